The Morgan fingerprint density at radius 2 is 1.89 bits per heavy atom. The quantitative estimate of drug-likeness (QED) is 0.420. The second kappa shape index (κ2) is 8.69. The lowest BCUT2D eigenvalue weighted by molar-refractivity contribution is -0.384. The van der Waals surface area contributed by atoms with Crippen LogP contribution in [0.2, 0.25) is 0 Å². The normalized spacial score (nSPS) is 11.9. The molecule has 0 spiro atoms. The van der Waals surface area contributed by atoms with Crippen LogP contribution in [0.4, 0.5) is 15.8 Å². The van der Waals surface area contributed by atoms with Crippen molar-refractivity contribution in [2.24, 2.45) is 5.10 Å². The fraction of sp³-hybridized carbons (Fsp3) is 0.235. The van der Waals surface area contributed by atoms with Gasteiger partial charge in [0.2, 0.25) is 10.0 Å². The Kier molecular flexibility index (Phi) is 6.59. The SMILES string of the molecule is CCN(CC)S(=O)(=O)c1ccc(NN=Cc2ccccc2F)c([N+](=O)[O-])c1. The lowest BCUT2D eigenvalue weighted by Gasteiger charge is -2.18. The van der Waals surface area contributed by atoms with Crippen molar-refractivity contribution in [2.45, 2.75) is 18.7 Å². The smallest absolute Gasteiger partial charge is 0.272 e. The number of sulfonamides is 1. The van der Waals surface area contributed by atoms with E-state index in [1.807, 2.05) is 0 Å². The van der Waals surface area contributed by atoms with Crippen molar-refractivity contribution in [3.63, 3.8) is 0 Å². The minimum absolute atomic E-state index is 0.00825. The zero-order valence-corrected chi connectivity index (χ0v) is 15.6. The minimum Gasteiger partial charge on any atom is -0.272 e. The van der Waals surface area contributed by atoms with Gasteiger partial charge in [0.25, 0.3) is 5.69 Å². The number of rotatable bonds is 8. The van der Waals surface area contributed by atoms with Gasteiger partial charge in [-0.15, -0.1) is 0 Å². The van der Waals surface area contributed by atoms with E-state index in [1.165, 1.54) is 40.9 Å². The number of nitro benzene ring substituents is 1. The van der Waals surface area contributed by atoms with Crippen molar-refractivity contribution in [3.05, 3.63) is 64.0 Å². The highest BCUT2D eigenvalue weighted by Gasteiger charge is 2.25. The van der Waals surface area contributed by atoms with Gasteiger partial charge in [0, 0.05) is 24.7 Å². The summed E-state index contributed by atoms with van der Waals surface area (Å²) in [6.07, 6.45) is 1.18. The van der Waals surface area contributed by atoms with Crippen LogP contribution in [-0.2, 0) is 10.0 Å². The van der Waals surface area contributed by atoms with Crippen LogP contribution in [0.15, 0.2) is 52.5 Å². The van der Waals surface area contributed by atoms with Crippen LogP contribution < -0.4 is 5.43 Å². The summed E-state index contributed by atoms with van der Waals surface area (Å²) >= 11 is 0. The summed E-state index contributed by atoms with van der Waals surface area (Å²) in [5.74, 6) is -0.488. The van der Waals surface area contributed by atoms with Crippen LogP contribution in [0, 0.1) is 15.9 Å². The number of nitrogens with zero attached hydrogens (tertiary/aromatic N) is 3. The average molecular weight is 394 g/mol. The molecule has 2 rings (SSSR count). The molecule has 0 saturated heterocycles. The molecule has 0 aliphatic carbocycles. The molecule has 0 aliphatic heterocycles. The molecule has 0 radical (unpaired) electrons. The second-order valence-electron chi connectivity index (χ2n) is 5.42. The summed E-state index contributed by atoms with van der Waals surface area (Å²) in [6, 6.07) is 9.41. The molecule has 0 saturated carbocycles. The van der Waals surface area contributed by atoms with Crippen molar-refractivity contribution in [1.82, 2.24) is 4.31 Å². The van der Waals surface area contributed by atoms with Gasteiger partial charge in [0.05, 0.1) is 16.0 Å². The summed E-state index contributed by atoms with van der Waals surface area (Å²) in [5, 5.41) is 15.1. The molecule has 0 bridgehead atoms. The average Bonchev–Trinajstić information content (AvgIpc) is 2.64. The Balaban J connectivity index is 2.34. The van der Waals surface area contributed by atoms with Gasteiger partial charge in [0.15, 0.2) is 0 Å². The zero-order chi connectivity index (χ0) is 20.0. The molecule has 0 unspecified atom stereocenters. The van der Waals surface area contributed by atoms with Gasteiger partial charge < -0.3 is 0 Å². The predicted molar refractivity (Wildman–Crippen MR) is 101 cm³/mol. The van der Waals surface area contributed by atoms with Gasteiger partial charge in [-0.25, -0.2) is 12.8 Å². The van der Waals surface area contributed by atoms with Crippen molar-refractivity contribution in [2.75, 3.05) is 18.5 Å². The van der Waals surface area contributed by atoms with Crippen molar-refractivity contribution in [1.29, 1.82) is 0 Å². The summed E-state index contributed by atoms with van der Waals surface area (Å²) in [6.45, 7) is 3.87. The summed E-state index contributed by atoms with van der Waals surface area (Å²) < 4.78 is 39.8. The molecule has 2 aromatic rings. The van der Waals surface area contributed by atoms with E-state index in [1.54, 1.807) is 19.9 Å². The second-order valence-corrected chi connectivity index (χ2v) is 7.35. The summed E-state index contributed by atoms with van der Waals surface area (Å²) in [5.41, 5.74) is 2.20. The Morgan fingerprint density at radius 3 is 2.48 bits per heavy atom. The number of halogens is 1. The lowest BCUT2D eigenvalue weighted by atomic mass is 10.2. The number of hydrazone groups is 1. The first-order valence-corrected chi connectivity index (χ1v) is 9.57. The molecule has 0 aromatic heterocycles. The number of anilines is 1. The monoisotopic (exact) mass is 394 g/mol. The van der Waals surface area contributed by atoms with Gasteiger partial charge >= 0.3 is 0 Å². The minimum atomic E-state index is -3.83. The molecule has 0 aliphatic rings. The topological polar surface area (TPSA) is 105 Å². The maximum absolute atomic E-state index is 13.6. The first-order chi connectivity index (χ1) is 12.8. The molecular formula is C17H19FN4O4S. The molecule has 0 atom stereocenters. The van der Waals surface area contributed by atoms with Crippen LogP contribution in [0.5, 0.6) is 0 Å². The molecule has 1 N–H and O–H groups in total. The third-order valence-corrected chi connectivity index (χ3v) is 5.85. The van der Waals surface area contributed by atoms with Crippen molar-refractivity contribution in [3.8, 4) is 0 Å². The maximum Gasteiger partial charge on any atom is 0.295 e. The van der Waals surface area contributed by atoms with E-state index in [0.29, 0.717) is 0 Å². The van der Waals surface area contributed by atoms with Gasteiger partial charge in [-0.1, -0.05) is 32.0 Å². The van der Waals surface area contributed by atoms with Crippen LogP contribution >= 0.6 is 0 Å². The number of hydrogen-bond donors (Lipinski definition) is 1. The highest BCUT2D eigenvalue weighted by Crippen LogP contribution is 2.29. The summed E-state index contributed by atoms with van der Waals surface area (Å²) in [7, 11) is -3.83. The van der Waals surface area contributed by atoms with E-state index < -0.39 is 26.5 Å². The molecule has 0 heterocycles. The van der Waals surface area contributed by atoms with Crippen LogP contribution in [0.1, 0.15) is 19.4 Å². The van der Waals surface area contributed by atoms with E-state index in [9.17, 15) is 22.9 Å². The Morgan fingerprint density at radius 1 is 1.22 bits per heavy atom. The van der Waals surface area contributed by atoms with E-state index in [2.05, 4.69) is 10.5 Å². The van der Waals surface area contributed by atoms with E-state index >= 15 is 0 Å². The first kappa shape index (κ1) is 20.5. The van der Waals surface area contributed by atoms with E-state index in [0.717, 1.165) is 6.07 Å². The highest BCUT2D eigenvalue weighted by atomic mass is 32.2. The predicted octanol–water partition coefficient (Wildman–Crippen LogP) is 3.21. The Hall–Kier alpha value is -2.85. The Bertz CT molecular complexity index is 959. The first-order valence-electron chi connectivity index (χ1n) is 8.13. The Labute approximate surface area is 156 Å². The zero-order valence-electron chi connectivity index (χ0n) is 14.8. The fourth-order valence-corrected chi connectivity index (χ4v) is 3.86. The van der Waals surface area contributed by atoms with Crippen LogP contribution in [0.3, 0.4) is 0 Å². The number of benzene rings is 2. The van der Waals surface area contributed by atoms with Crippen molar-refractivity contribution < 1.29 is 17.7 Å². The fourth-order valence-electron chi connectivity index (χ4n) is 2.38. The van der Waals surface area contributed by atoms with Gasteiger partial charge in [0.1, 0.15) is 11.5 Å². The van der Waals surface area contributed by atoms with Crippen molar-refractivity contribution >= 4 is 27.6 Å². The van der Waals surface area contributed by atoms with Gasteiger partial charge in [-0.2, -0.15) is 9.41 Å². The summed E-state index contributed by atoms with van der Waals surface area (Å²) in [4.78, 5) is 10.5. The van der Waals surface area contributed by atoms with Gasteiger partial charge in [-0.3, -0.25) is 15.5 Å². The van der Waals surface area contributed by atoms with E-state index in [4.69, 9.17) is 0 Å². The number of nitro groups is 1. The largest absolute Gasteiger partial charge is 0.295 e. The lowest BCUT2D eigenvalue weighted by Crippen LogP contribution is -2.30. The van der Waals surface area contributed by atoms with E-state index in [-0.39, 0.29) is 29.2 Å². The highest BCUT2D eigenvalue weighted by molar-refractivity contribution is 7.89. The molecule has 2 aromatic carbocycles. The molecule has 27 heavy (non-hydrogen) atoms. The third-order valence-electron chi connectivity index (χ3n) is 3.80. The molecular weight excluding hydrogens is 375 g/mol. The third kappa shape index (κ3) is 4.66. The standard InChI is InChI=1S/C17H19FN4O4S/c1-3-21(4-2)27(25,26)14-9-10-16(17(11-14)22(23)24)20-19-12-13-7-5-6-8-15(13)18/h5-12,20H,3-4H2,1-2H3. The molecule has 10 heteroatoms. The molecule has 0 fully saturated rings. The molecule has 0 amide bonds. The molecule has 8 nitrogen and oxygen atoms in total. The van der Waals surface area contributed by atoms with Crippen LogP contribution in [-0.4, -0.2) is 37.0 Å². The van der Waals surface area contributed by atoms with Crippen LogP contribution in [0.25, 0.3) is 0 Å². The molecule has 144 valence electrons. The maximum atomic E-state index is 13.6. The number of nitrogens with one attached hydrogen (secondary N) is 1. The number of hydrogen-bond acceptors (Lipinski definition) is 6. The van der Waals surface area contributed by atoms with Gasteiger partial charge in [-0.05, 0) is 18.2 Å².